The number of aromatic nitrogens is 3. The SMILES string of the molecule is Cc1cc(NC(=O)N2CCc3c(N4CCN(C(=O)OC(C)(C)C)CC4)ccnc32)cc2cn(C)nc12. The molecule has 5 rings (SSSR count). The van der Waals surface area contributed by atoms with Crippen molar-refractivity contribution in [2.75, 3.05) is 47.8 Å². The van der Waals surface area contributed by atoms with Gasteiger partial charge in [0, 0.05) is 74.5 Å². The average Bonchev–Trinajstić information content (AvgIpc) is 3.41. The first-order valence-electron chi connectivity index (χ1n) is 12.3. The van der Waals surface area contributed by atoms with E-state index in [9.17, 15) is 9.59 Å². The summed E-state index contributed by atoms with van der Waals surface area (Å²) in [6.07, 6.45) is 4.16. The fourth-order valence-corrected chi connectivity index (χ4v) is 4.92. The van der Waals surface area contributed by atoms with Crippen molar-refractivity contribution in [3.63, 3.8) is 0 Å². The van der Waals surface area contributed by atoms with E-state index in [-0.39, 0.29) is 12.1 Å². The molecule has 0 atom stereocenters. The van der Waals surface area contributed by atoms with Crippen molar-refractivity contribution >= 4 is 40.2 Å². The molecule has 10 nitrogen and oxygen atoms in total. The van der Waals surface area contributed by atoms with E-state index in [1.54, 1.807) is 20.7 Å². The topological polar surface area (TPSA) is 95.8 Å². The highest BCUT2D eigenvalue weighted by Gasteiger charge is 2.32. The molecule has 0 spiro atoms. The number of hydrogen-bond donors (Lipinski definition) is 1. The number of rotatable bonds is 2. The van der Waals surface area contributed by atoms with Crippen molar-refractivity contribution in [1.82, 2.24) is 19.7 Å². The Hall–Kier alpha value is -3.82. The summed E-state index contributed by atoms with van der Waals surface area (Å²) < 4.78 is 7.29. The van der Waals surface area contributed by atoms with E-state index in [0.717, 1.165) is 39.8 Å². The predicted octanol–water partition coefficient (Wildman–Crippen LogP) is 3.93. The number of amides is 3. The molecule has 4 heterocycles. The number of pyridine rings is 1. The van der Waals surface area contributed by atoms with Crippen LogP contribution >= 0.6 is 0 Å². The maximum Gasteiger partial charge on any atom is 0.410 e. The Labute approximate surface area is 210 Å². The fraction of sp³-hybridized carbons (Fsp3) is 0.462. The van der Waals surface area contributed by atoms with E-state index in [0.29, 0.717) is 38.5 Å². The normalized spacial score (nSPS) is 15.9. The first kappa shape index (κ1) is 23.9. The number of benzene rings is 1. The van der Waals surface area contributed by atoms with Gasteiger partial charge in [-0.1, -0.05) is 0 Å². The number of nitrogens with zero attached hydrogens (tertiary/aromatic N) is 6. The van der Waals surface area contributed by atoms with E-state index in [1.807, 2.05) is 59.1 Å². The van der Waals surface area contributed by atoms with Crippen molar-refractivity contribution < 1.29 is 14.3 Å². The smallest absolute Gasteiger partial charge is 0.410 e. The number of nitrogens with one attached hydrogen (secondary N) is 1. The molecule has 2 aliphatic rings. The molecule has 0 bridgehead atoms. The Morgan fingerprint density at radius 1 is 1.08 bits per heavy atom. The summed E-state index contributed by atoms with van der Waals surface area (Å²) in [6.45, 7) is 10.8. The average molecular weight is 492 g/mol. The number of anilines is 3. The number of aryl methyl sites for hydroxylation is 2. The Balaban J connectivity index is 1.28. The van der Waals surface area contributed by atoms with Crippen LogP contribution in [0.2, 0.25) is 0 Å². The van der Waals surface area contributed by atoms with Gasteiger partial charge in [0.15, 0.2) is 0 Å². The molecule has 0 aliphatic carbocycles. The molecule has 10 heteroatoms. The van der Waals surface area contributed by atoms with Gasteiger partial charge in [-0.3, -0.25) is 9.58 Å². The zero-order valence-corrected chi connectivity index (χ0v) is 21.5. The van der Waals surface area contributed by atoms with Gasteiger partial charge in [-0.2, -0.15) is 5.10 Å². The fourth-order valence-electron chi connectivity index (χ4n) is 4.92. The molecular formula is C26H33N7O3. The lowest BCUT2D eigenvalue weighted by molar-refractivity contribution is 0.0240. The number of hydrogen-bond acceptors (Lipinski definition) is 6. The second kappa shape index (κ2) is 9.00. The molecule has 0 radical (unpaired) electrons. The summed E-state index contributed by atoms with van der Waals surface area (Å²) >= 11 is 0. The third-order valence-corrected chi connectivity index (χ3v) is 6.53. The zero-order chi connectivity index (χ0) is 25.6. The molecule has 3 aromatic rings. The first-order valence-corrected chi connectivity index (χ1v) is 12.3. The van der Waals surface area contributed by atoms with Crippen LogP contribution in [0.5, 0.6) is 0 Å². The molecule has 1 N–H and O–H groups in total. The predicted molar refractivity (Wildman–Crippen MR) is 140 cm³/mol. The first-order chi connectivity index (χ1) is 17.1. The number of carbonyl (C=O) groups is 2. The Bertz CT molecular complexity index is 1320. The Morgan fingerprint density at radius 3 is 2.56 bits per heavy atom. The van der Waals surface area contributed by atoms with Gasteiger partial charge >= 0.3 is 12.1 Å². The second-order valence-corrected chi connectivity index (χ2v) is 10.5. The number of fused-ring (bicyclic) bond motifs is 2. The largest absolute Gasteiger partial charge is 0.444 e. The standard InChI is InChI=1S/C26H33N7O3/c1-17-14-19(15-18-16-30(5)29-22(17)18)28-24(34)33-9-7-20-21(6-8-27-23(20)33)31-10-12-32(13-11-31)25(35)36-26(2,3)4/h6,8,14-16H,7,9-13H2,1-5H3,(H,28,34). The van der Waals surface area contributed by atoms with Crippen molar-refractivity contribution in [2.24, 2.45) is 7.05 Å². The molecule has 1 aromatic carbocycles. The highest BCUT2D eigenvalue weighted by Crippen LogP contribution is 2.35. The van der Waals surface area contributed by atoms with Crippen molar-refractivity contribution in [1.29, 1.82) is 0 Å². The number of piperazine rings is 1. The van der Waals surface area contributed by atoms with Gasteiger partial charge in [0.2, 0.25) is 0 Å². The van der Waals surface area contributed by atoms with Crippen molar-refractivity contribution in [2.45, 2.75) is 39.7 Å². The molecule has 2 aromatic heterocycles. The number of carbonyl (C=O) groups excluding carboxylic acids is 2. The van der Waals surface area contributed by atoms with Crippen LogP contribution < -0.4 is 15.1 Å². The van der Waals surface area contributed by atoms with Gasteiger partial charge in [-0.25, -0.2) is 14.6 Å². The van der Waals surface area contributed by atoms with E-state index in [2.05, 4.69) is 20.3 Å². The van der Waals surface area contributed by atoms with Gasteiger partial charge in [0.05, 0.1) is 5.52 Å². The van der Waals surface area contributed by atoms with E-state index < -0.39 is 5.60 Å². The molecule has 0 saturated carbocycles. The summed E-state index contributed by atoms with van der Waals surface area (Å²) in [5.74, 6) is 0.693. The third-order valence-electron chi connectivity index (χ3n) is 6.53. The Kier molecular flexibility index (Phi) is 5.97. The molecule has 1 saturated heterocycles. The molecule has 190 valence electrons. The van der Waals surface area contributed by atoms with Gasteiger partial charge < -0.3 is 19.9 Å². The monoisotopic (exact) mass is 491 g/mol. The maximum absolute atomic E-state index is 13.2. The van der Waals surface area contributed by atoms with Gasteiger partial charge in [0.25, 0.3) is 0 Å². The van der Waals surface area contributed by atoms with Crippen molar-refractivity contribution in [3.8, 4) is 0 Å². The van der Waals surface area contributed by atoms with E-state index in [1.165, 1.54) is 0 Å². The molecule has 36 heavy (non-hydrogen) atoms. The van der Waals surface area contributed by atoms with Crippen LogP contribution in [0, 0.1) is 6.92 Å². The lowest BCUT2D eigenvalue weighted by Gasteiger charge is -2.37. The summed E-state index contributed by atoms with van der Waals surface area (Å²) in [6, 6.07) is 5.69. The van der Waals surface area contributed by atoms with Crippen LogP contribution in [0.25, 0.3) is 10.9 Å². The molecule has 1 fully saturated rings. The highest BCUT2D eigenvalue weighted by molar-refractivity contribution is 6.04. The van der Waals surface area contributed by atoms with Crippen LogP contribution in [0.15, 0.2) is 30.6 Å². The Morgan fingerprint density at radius 2 is 1.83 bits per heavy atom. The van der Waals surface area contributed by atoms with E-state index in [4.69, 9.17) is 4.74 Å². The molecule has 0 unspecified atom stereocenters. The molecular weight excluding hydrogens is 458 g/mol. The zero-order valence-electron chi connectivity index (χ0n) is 21.5. The summed E-state index contributed by atoms with van der Waals surface area (Å²) in [5.41, 5.74) is 4.31. The minimum absolute atomic E-state index is 0.198. The number of urea groups is 1. The molecule has 3 amide bonds. The van der Waals surface area contributed by atoms with Crippen molar-refractivity contribution in [3.05, 3.63) is 41.7 Å². The second-order valence-electron chi connectivity index (χ2n) is 10.5. The van der Waals surface area contributed by atoms with Crippen LogP contribution in [-0.2, 0) is 18.2 Å². The highest BCUT2D eigenvalue weighted by atomic mass is 16.6. The van der Waals surface area contributed by atoms with Gasteiger partial charge in [-0.05, 0) is 57.9 Å². The van der Waals surface area contributed by atoms with Crippen LogP contribution in [0.3, 0.4) is 0 Å². The summed E-state index contributed by atoms with van der Waals surface area (Å²) in [5, 5.41) is 8.50. The quantitative estimate of drug-likeness (QED) is 0.584. The maximum atomic E-state index is 13.2. The summed E-state index contributed by atoms with van der Waals surface area (Å²) in [4.78, 5) is 35.9. The molecule has 2 aliphatic heterocycles. The minimum Gasteiger partial charge on any atom is -0.444 e. The van der Waals surface area contributed by atoms with Gasteiger partial charge in [-0.15, -0.1) is 0 Å². The van der Waals surface area contributed by atoms with Crippen LogP contribution in [-0.4, -0.2) is 70.1 Å². The van der Waals surface area contributed by atoms with E-state index >= 15 is 0 Å². The van der Waals surface area contributed by atoms with Crippen LogP contribution in [0.1, 0.15) is 31.9 Å². The minimum atomic E-state index is -0.507. The van der Waals surface area contributed by atoms with Crippen LogP contribution in [0.4, 0.5) is 26.8 Å². The third kappa shape index (κ3) is 4.67. The van der Waals surface area contributed by atoms with Gasteiger partial charge in [0.1, 0.15) is 11.4 Å². The lowest BCUT2D eigenvalue weighted by Crippen LogP contribution is -2.50. The summed E-state index contributed by atoms with van der Waals surface area (Å²) in [7, 11) is 1.89. The number of ether oxygens (including phenoxy) is 1. The lowest BCUT2D eigenvalue weighted by atomic mass is 10.1.